The summed E-state index contributed by atoms with van der Waals surface area (Å²) in [7, 11) is 0. The van der Waals surface area contributed by atoms with Crippen molar-refractivity contribution >= 4 is 35.3 Å². The molecule has 0 aliphatic carbocycles. The third kappa shape index (κ3) is 2.43. The Morgan fingerprint density at radius 3 is 2.93 bits per heavy atom. The molecule has 82 valence electrons. The highest BCUT2D eigenvalue weighted by Gasteiger charge is 2.21. The Morgan fingerprint density at radius 1 is 1.47 bits per heavy atom. The van der Waals surface area contributed by atoms with Gasteiger partial charge in [0, 0.05) is 24.1 Å². The first-order valence-corrected chi connectivity index (χ1v) is 6.21. The highest BCUT2D eigenvalue weighted by Crippen LogP contribution is 2.21. The number of aromatic nitrogens is 3. The topological polar surface area (TPSA) is 67.9 Å². The van der Waals surface area contributed by atoms with Gasteiger partial charge < -0.3 is 10.6 Å². The Balaban J connectivity index is 2.27. The van der Waals surface area contributed by atoms with Crippen LogP contribution in [0.5, 0.6) is 0 Å². The van der Waals surface area contributed by atoms with Gasteiger partial charge in [-0.1, -0.05) is 0 Å². The molecule has 2 rings (SSSR count). The summed E-state index contributed by atoms with van der Waals surface area (Å²) in [6, 6.07) is 0.404. The van der Waals surface area contributed by atoms with Gasteiger partial charge in [-0.15, -0.1) is 0 Å². The molecule has 0 bridgehead atoms. The minimum atomic E-state index is 0.155. The van der Waals surface area contributed by atoms with Crippen LogP contribution in [0.3, 0.4) is 0 Å². The van der Waals surface area contributed by atoms with Gasteiger partial charge in [0.05, 0.1) is 0 Å². The molecule has 7 heteroatoms. The second-order valence-electron chi connectivity index (χ2n) is 3.38. The van der Waals surface area contributed by atoms with Crippen molar-refractivity contribution in [3.05, 3.63) is 5.28 Å². The maximum atomic E-state index is 5.74. The zero-order chi connectivity index (χ0) is 10.8. The summed E-state index contributed by atoms with van der Waals surface area (Å²) in [5.41, 5.74) is 5.53. The molecule has 0 aromatic carbocycles. The zero-order valence-electron chi connectivity index (χ0n) is 8.35. The van der Waals surface area contributed by atoms with E-state index in [1.54, 1.807) is 0 Å². The molecule has 1 aromatic rings. The minimum absolute atomic E-state index is 0.155. The van der Waals surface area contributed by atoms with Crippen molar-refractivity contribution in [3.63, 3.8) is 0 Å². The maximum absolute atomic E-state index is 5.74. The fourth-order valence-corrected chi connectivity index (χ4v) is 2.68. The van der Waals surface area contributed by atoms with E-state index >= 15 is 0 Å². The van der Waals surface area contributed by atoms with E-state index in [1.165, 1.54) is 0 Å². The smallest absolute Gasteiger partial charge is 0.231 e. The molecular formula is C8H12ClN5S. The molecule has 1 fully saturated rings. The van der Waals surface area contributed by atoms with Gasteiger partial charge in [0.1, 0.15) is 0 Å². The van der Waals surface area contributed by atoms with Crippen molar-refractivity contribution in [1.82, 2.24) is 15.0 Å². The van der Waals surface area contributed by atoms with E-state index in [2.05, 4.69) is 26.8 Å². The summed E-state index contributed by atoms with van der Waals surface area (Å²) < 4.78 is 0. The van der Waals surface area contributed by atoms with Crippen LogP contribution in [-0.4, -0.2) is 39.0 Å². The van der Waals surface area contributed by atoms with Crippen molar-refractivity contribution in [2.75, 3.05) is 28.7 Å². The summed E-state index contributed by atoms with van der Waals surface area (Å²) in [6.45, 7) is 3.06. The monoisotopic (exact) mass is 245 g/mol. The van der Waals surface area contributed by atoms with Crippen LogP contribution in [0, 0.1) is 0 Å². The lowest BCUT2D eigenvalue weighted by Crippen LogP contribution is -2.41. The van der Waals surface area contributed by atoms with Crippen LogP contribution >= 0.6 is 23.4 Å². The number of rotatable bonds is 1. The van der Waals surface area contributed by atoms with Gasteiger partial charge in [0.2, 0.25) is 17.2 Å². The summed E-state index contributed by atoms with van der Waals surface area (Å²) in [6.07, 6.45) is 0. The van der Waals surface area contributed by atoms with E-state index in [1.807, 2.05) is 11.8 Å². The SMILES string of the molecule is CC1CSCCN1c1nc(N)nc(Cl)n1. The van der Waals surface area contributed by atoms with Gasteiger partial charge in [0.25, 0.3) is 0 Å². The van der Waals surface area contributed by atoms with Crippen LogP contribution in [0.15, 0.2) is 0 Å². The Bertz CT molecular complexity index is 341. The summed E-state index contributed by atoms with van der Waals surface area (Å²) in [5, 5.41) is 0.155. The Morgan fingerprint density at radius 2 is 2.27 bits per heavy atom. The maximum Gasteiger partial charge on any atom is 0.231 e. The molecule has 0 saturated carbocycles. The number of hydrogen-bond acceptors (Lipinski definition) is 6. The Kier molecular flexibility index (Phi) is 3.16. The molecule has 1 atom stereocenters. The fraction of sp³-hybridized carbons (Fsp3) is 0.625. The molecule has 2 heterocycles. The van der Waals surface area contributed by atoms with Crippen molar-refractivity contribution in [2.24, 2.45) is 0 Å². The summed E-state index contributed by atoms with van der Waals surface area (Å²) in [5.74, 6) is 2.91. The third-order valence-electron chi connectivity index (χ3n) is 2.24. The number of hydrogen-bond donors (Lipinski definition) is 1. The first-order valence-electron chi connectivity index (χ1n) is 4.68. The van der Waals surface area contributed by atoms with Gasteiger partial charge in [-0.3, -0.25) is 0 Å². The third-order valence-corrected chi connectivity index (χ3v) is 3.60. The van der Waals surface area contributed by atoms with Crippen LogP contribution in [0.1, 0.15) is 6.92 Å². The normalized spacial score (nSPS) is 21.7. The van der Waals surface area contributed by atoms with Gasteiger partial charge in [-0.05, 0) is 18.5 Å². The van der Waals surface area contributed by atoms with Crippen LogP contribution in [-0.2, 0) is 0 Å². The van der Waals surface area contributed by atoms with E-state index < -0.39 is 0 Å². The van der Waals surface area contributed by atoms with Gasteiger partial charge >= 0.3 is 0 Å². The molecule has 2 N–H and O–H groups in total. The fourth-order valence-electron chi connectivity index (χ4n) is 1.51. The lowest BCUT2D eigenvalue weighted by atomic mass is 10.3. The van der Waals surface area contributed by atoms with E-state index in [9.17, 15) is 0 Å². The molecular weight excluding hydrogens is 234 g/mol. The van der Waals surface area contributed by atoms with Gasteiger partial charge in [-0.2, -0.15) is 26.7 Å². The summed E-state index contributed by atoms with van der Waals surface area (Å²) in [4.78, 5) is 14.0. The quantitative estimate of drug-likeness (QED) is 0.798. The molecule has 1 saturated heterocycles. The molecule has 15 heavy (non-hydrogen) atoms. The molecule has 1 aliphatic rings. The molecule has 1 aliphatic heterocycles. The zero-order valence-corrected chi connectivity index (χ0v) is 9.92. The van der Waals surface area contributed by atoms with Crippen LogP contribution in [0.2, 0.25) is 5.28 Å². The van der Waals surface area contributed by atoms with E-state index in [0.29, 0.717) is 12.0 Å². The van der Waals surface area contributed by atoms with Crippen LogP contribution < -0.4 is 10.6 Å². The lowest BCUT2D eigenvalue weighted by molar-refractivity contribution is 0.676. The highest BCUT2D eigenvalue weighted by molar-refractivity contribution is 7.99. The number of anilines is 2. The molecule has 1 aromatic heterocycles. The van der Waals surface area contributed by atoms with Crippen LogP contribution in [0.25, 0.3) is 0 Å². The molecule has 1 unspecified atom stereocenters. The average Bonchev–Trinajstić information content (AvgIpc) is 2.16. The van der Waals surface area contributed by atoms with E-state index in [0.717, 1.165) is 18.1 Å². The first kappa shape index (κ1) is 10.8. The van der Waals surface area contributed by atoms with Crippen LogP contribution in [0.4, 0.5) is 11.9 Å². The Labute approximate surface area is 97.4 Å². The van der Waals surface area contributed by atoms with E-state index in [4.69, 9.17) is 17.3 Å². The summed E-state index contributed by atoms with van der Waals surface area (Å²) >= 11 is 7.68. The number of nitrogens with zero attached hydrogens (tertiary/aromatic N) is 4. The molecule has 0 radical (unpaired) electrons. The predicted octanol–water partition coefficient (Wildman–Crippen LogP) is 1.05. The second kappa shape index (κ2) is 4.40. The van der Waals surface area contributed by atoms with Crippen molar-refractivity contribution in [2.45, 2.75) is 13.0 Å². The number of nitrogen functional groups attached to an aromatic ring is 1. The van der Waals surface area contributed by atoms with Crippen molar-refractivity contribution in [1.29, 1.82) is 0 Å². The first-order chi connectivity index (χ1) is 7.16. The molecule has 0 spiro atoms. The lowest BCUT2D eigenvalue weighted by Gasteiger charge is -2.32. The van der Waals surface area contributed by atoms with E-state index in [-0.39, 0.29) is 11.2 Å². The number of halogens is 1. The average molecular weight is 246 g/mol. The van der Waals surface area contributed by atoms with Crippen molar-refractivity contribution < 1.29 is 0 Å². The predicted molar refractivity (Wildman–Crippen MR) is 63.4 cm³/mol. The molecule has 0 amide bonds. The largest absolute Gasteiger partial charge is 0.368 e. The standard InChI is InChI=1S/C8H12ClN5S/c1-5-4-15-3-2-14(5)8-12-6(9)11-7(10)13-8/h5H,2-4H2,1H3,(H2,10,11,12,13). The highest BCUT2D eigenvalue weighted by atomic mass is 35.5. The second-order valence-corrected chi connectivity index (χ2v) is 4.87. The Hall–Kier alpha value is -0.750. The van der Waals surface area contributed by atoms with Gasteiger partial charge in [0.15, 0.2) is 0 Å². The number of nitrogens with two attached hydrogens (primary N) is 1. The molecule has 5 nitrogen and oxygen atoms in total. The number of thioether (sulfide) groups is 1. The van der Waals surface area contributed by atoms with Crippen molar-refractivity contribution in [3.8, 4) is 0 Å². The van der Waals surface area contributed by atoms with Gasteiger partial charge in [-0.25, -0.2) is 0 Å². The minimum Gasteiger partial charge on any atom is -0.368 e.